The second kappa shape index (κ2) is 26.2. The molecule has 0 aromatic heterocycles. The van der Waals surface area contributed by atoms with Gasteiger partial charge in [-0.3, -0.25) is 0 Å². The summed E-state index contributed by atoms with van der Waals surface area (Å²) in [7, 11) is 0. The average Bonchev–Trinajstić information content (AvgIpc) is 0. The van der Waals surface area contributed by atoms with Gasteiger partial charge in [-0.25, -0.2) is 0 Å². The molecule has 0 unspecified atom stereocenters. The van der Waals surface area contributed by atoms with E-state index in [2.05, 4.69) is 0 Å². The first-order chi connectivity index (χ1) is 0. The Hall–Kier alpha value is 1.38. The smallest absolute Gasteiger partial charge is 2.00 e. The van der Waals surface area contributed by atoms with Gasteiger partial charge in [-0.15, -0.1) is 0 Å². The van der Waals surface area contributed by atoms with Crippen molar-refractivity contribution in [1.29, 1.82) is 0 Å². The second-order valence-electron chi connectivity index (χ2n) is 0. The van der Waals surface area contributed by atoms with Crippen molar-refractivity contribution in [3.63, 3.8) is 0 Å². The zero-order valence-corrected chi connectivity index (χ0v) is 8.16. The van der Waals surface area contributed by atoms with E-state index in [1.807, 2.05) is 0 Å². The summed E-state index contributed by atoms with van der Waals surface area (Å²) >= 11 is 0. The van der Waals surface area contributed by atoms with E-state index >= 15 is 0 Å². The van der Waals surface area contributed by atoms with Crippen LogP contribution in [-0.2, 0) is 38.3 Å². The van der Waals surface area contributed by atoms with Gasteiger partial charge in [0.15, 0.2) is 0 Å². The molecule has 0 aromatic carbocycles. The fourth-order valence-corrected chi connectivity index (χ4v) is 0. The number of hydrogen-bond donors (Lipinski definition) is 0. The summed E-state index contributed by atoms with van der Waals surface area (Å²) in [6.07, 6.45) is 0. The van der Waals surface area contributed by atoms with E-state index in [1.54, 1.807) is 0 Å². The molecular weight excluding hydrogens is 217 g/mol. The van der Waals surface area contributed by atoms with Crippen LogP contribution in [0.5, 0.6) is 0 Å². The molecule has 18 valence electrons. The molecule has 0 spiro atoms. The van der Waals surface area contributed by atoms with E-state index in [0.29, 0.717) is 0 Å². The molecular formula is CdGeO2. The van der Waals surface area contributed by atoms with Crippen LogP contribution in [0.3, 0.4) is 0 Å². The van der Waals surface area contributed by atoms with Crippen LogP contribution in [0.25, 0.3) is 0 Å². The van der Waals surface area contributed by atoms with Crippen LogP contribution in [-0.4, -0.2) is 17.6 Å². The van der Waals surface area contributed by atoms with Gasteiger partial charge in [0.05, 0.1) is 0 Å². The van der Waals surface area contributed by atoms with Crippen molar-refractivity contribution in [2.75, 3.05) is 0 Å². The predicted octanol–water partition coefficient (Wildman–Crippen LogP) is -0.621. The minimum atomic E-state index is 0. The monoisotopic (exact) mass is 220 g/mol. The number of hydrogen-bond acceptors (Lipinski definition) is 0. The summed E-state index contributed by atoms with van der Waals surface area (Å²) in [5.41, 5.74) is 0. The normalized spacial score (nSPS) is 0. The van der Waals surface area contributed by atoms with Crippen LogP contribution in [0.2, 0.25) is 0 Å². The Morgan fingerprint density at radius 2 is 0.750 bits per heavy atom. The van der Waals surface area contributed by atoms with Crippen LogP contribution in [0.4, 0.5) is 0 Å². The Balaban J connectivity index is 0. The zero-order chi connectivity index (χ0) is 0. The number of rotatable bonds is 0. The summed E-state index contributed by atoms with van der Waals surface area (Å²) in [6, 6.07) is 0. The van der Waals surface area contributed by atoms with Crippen LogP contribution in [0.15, 0.2) is 0 Å². The summed E-state index contributed by atoms with van der Waals surface area (Å²) < 4.78 is 0. The third-order valence-electron chi connectivity index (χ3n) is 0. The van der Waals surface area contributed by atoms with Crippen molar-refractivity contribution >= 4 is 17.6 Å². The molecule has 0 aliphatic carbocycles. The zero-order valence-electron chi connectivity index (χ0n) is 2.02. The minimum absolute atomic E-state index is 0. The van der Waals surface area contributed by atoms with Gasteiger partial charge in [-0.05, 0) is 0 Å². The van der Waals surface area contributed by atoms with Gasteiger partial charge in [0.1, 0.15) is 0 Å². The van der Waals surface area contributed by atoms with Crippen LogP contribution < -0.4 is 0 Å². The van der Waals surface area contributed by atoms with Crippen LogP contribution >= 0.6 is 0 Å². The van der Waals surface area contributed by atoms with Gasteiger partial charge in [-0.1, -0.05) is 0 Å². The first kappa shape index (κ1) is 54.0. The molecule has 2 nitrogen and oxygen atoms in total. The topological polar surface area (TPSA) is 57.0 Å². The maximum absolute atomic E-state index is 0. The molecule has 0 aliphatic heterocycles. The molecule has 0 fully saturated rings. The van der Waals surface area contributed by atoms with Crippen molar-refractivity contribution < 1.29 is 38.3 Å². The summed E-state index contributed by atoms with van der Waals surface area (Å²) in [5.74, 6) is 0. The quantitative estimate of drug-likeness (QED) is 0.485. The molecule has 0 aliphatic rings. The van der Waals surface area contributed by atoms with Gasteiger partial charge in [0, 0.05) is 27.3 Å². The molecule has 0 saturated carbocycles. The van der Waals surface area contributed by atoms with Crippen molar-refractivity contribution in [1.82, 2.24) is 0 Å². The van der Waals surface area contributed by atoms with E-state index in [0.717, 1.165) is 0 Å². The molecule has 0 N–H and O–H groups in total. The van der Waals surface area contributed by atoms with Gasteiger partial charge >= 0.3 is 17.6 Å². The van der Waals surface area contributed by atoms with Crippen molar-refractivity contribution in [3.8, 4) is 0 Å². The standard InChI is InChI=1S/Cd.Ge.2O/q;+4;2*-2. The van der Waals surface area contributed by atoms with Crippen molar-refractivity contribution in [2.24, 2.45) is 0 Å². The third-order valence-corrected chi connectivity index (χ3v) is 0. The Kier molecular flexibility index (Phi) is 354. The molecule has 0 aromatic rings. The molecule has 0 saturated heterocycles. The van der Waals surface area contributed by atoms with Crippen molar-refractivity contribution in [2.45, 2.75) is 0 Å². The molecule has 4 heavy (non-hydrogen) atoms. The van der Waals surface area contributed by atoms with Crippen LogP contribution in [0, 0.1) is 0 Å². The molecule has 0 bridgehead atoms. The average molecular weight is 217 g/mol. The summed E-state index contributed by atoms with van der Waals surface area (Å²) in [4.78, 5) is 0. The van der Waals surface area contributed by atoms with E-state index < -0.39 is 0 Å². The first-order valence-corrected chi connectivity index (χ1v) is 0. The van der Waals surface area contributed by atoms with Gasteiger partial charge in [0.2, 0.25) is 0 Å². The van der Waals surface area contributed by atoms with Crippen LogP contribution in [0.1, 0.15) is 0 Å². The molecule has 0 atom stereocenters. The molecule has 0 heterocycles. The van der Waals surface area contributed by atoms with E-state index in [9.17, 15) is 0 Å². The predicted molar refractivity (Wildman–Crippen MR) is 7.13 cm³/mol. The molecule has 0 rings (SSSR count). The van der Waals surface area contributed by atoms with E-state index in [4.69, 9.17) is 0 Å². The molecule has 0 amide bonds. The van der Waals surface area contributed by atoms with Gasteiger partial charge in [0.25, 0.3) is 0 Å². The summed E-state index contributed by atoms with van der Waals surface area (Å²) in [5, 5.41) is 0. The van der Waals surface area contributed by atoms with E-state index in [1.165, 1.54) is 0 Å². The Morgan fingerprint density at radius 1 is 0.750 bits per heavy atom. The fourth-order valence-electron chi connectivity index (χ4n) is 0. The van der Waals surface area contributed by atoms with Gasteiger partial charge < -0.3 is 11.0 Å². The Labute approximate surface area is 55.7 Å². The maximum atomic E-state index is 0. The Bertz CT molecular complexity index is 6.00. The first-order valence-electron chi connectivity index (χ1n) is 0. The van der Waals surface area contributed by atoms with Crippen molar-refractivity contribution in [3.05, 3.63) is 0 Å². The molecule has 4 heteroatoms. The Morgan fingerprint density at radius 3 is 0.750 bits per heavy atom. The minimum Gasteiger partial charge on any atom is -2.00 e. The van der Waals surface area contributed by atoms with Gasteiger partial charge in [-0.2, -0.15) is 0 Å². The summed E-state index contributed by atoms with van der Waals surface area (Å²) in [6.45, 7) is 0. The SMILES string of the molecule is [Cd].[Ge+4].[O-2].[O-2]. The third kappa shape index (κ3) is 10.0. The largest absolute Gasteiger partial charge is 4.00 e. The maximum Gasteiger partial charge on any atom is 4.00 e. The second-order valence-corrected chi connectivity index (χ2v) is 0. The van der Waals surface area contributed by atoms with E-state index in [-0.39, 0.29) is 55.8 Å². The molecule has 0 radical (unpaired) electrons. The fraction of sp³-hybridized carbons (Fsp3) is 0.